The van der Waals surface area contributed by atoms with Gasteiger partial charge in [-0.05, 0) is 42.8 Å². The predicted molar refractivity (Wildman–Crippen MR) is 77.9 cm³/mol. The van der Waals surface area contributed by atoms with Crippen LogP contribution < -0.4 is 5.32 Å². The van der Waals surface area contributed by atoms with E-state index in [0.717, 1.165) is 12.1 Å². The highest BCUT2D eigenvalue weighted by Crippen LogP contribution is 2.26. The van der Waals surface area contributed by atoms with Crippen LogP contribution >= 0.6 is 11.6 Å². The van der Waals surface area contributed by atoms with Gasteiger partial charge in [0, 0.05) is 16.6 Å². The first-order chi connectivity index (χ1) is 10.0. The van der Waals surface area contributed by atoms with E-state index in [2.05, 4.69) is 5.32 Å². The maximum Gasteiger partial charge on any atom is 0.159 e. The van der Waals surface area contributed by atoms with Gasteiger partial charge in [-0.1, -0.05) is 30.7 Å². The summed E-state index contributed by atoms with van der Waals surface area (Å²) in [6, 6.07) is 7.79. The molecule has 0 amide bonds. The molecule has 0 bridgehead atoms. The summed E-state index contributed by atoms with van der Waals surface area (Å²) in [6.07, 6.45) is 0.254. The molecule has 2 rings (SSSR count). The van der Waals surface area contributed by atoms with Crippen molar-refractivity contribution in [2.45, 2.75) is 19.4 Å². The molecule has 0 aliphatic heterocycles. The molecular formula is C16H15ClF3N. The number of rotatable bonds is 5. The fourth-order valence-electron chi connectivity index (χ4n) is 2.21. The fraction of sp³-hybridized carbons (Fsp3) is 0.250. The molecule has 21 heavy (non-hydrogen) atoms. The summed E-state index contributed by atoms with van der Waals surface area (Å²) in [5.74, 6) is -2.24. The molecule has 0 saturated carbocycles. The highest BCUT2D eigenvalue weighted by molar-refractivity contribution is 6.31. The van der Waals surface area contributed by atoms with E-state index in [4.69, 9.17) is 11.6 Å². The average molecular weight is 314 g/mol. The molecule has 1 nitrogen and oxygen atoms in total. The van der Waals surface area contributed by atoms with Crippen LogP contribution in [0.5, 0.6) is 0 Å². The molecule has 0 radical (unpaired) electrons. The van der Waals surface area contributed by atoms with E-state index >= 15 is 0 Å². The molecule has 1 atom stereocenters. The summed E-state index contributed by atoms with van der Waals surface area (Å²) in [5, 5.41) is 3.45. The summed E-state index contributed by atoms with van der Waals surface area (Å²) in [4.78, 5) is 0. The molecule has 0 saturated heterocycles. The molecule has 1 N–H and O–H groups in total. The van der Waals surface area contributed by atoms with Crippen LogP contribution in [-0.2, 0) is 6.42 Å². The summed E-state index contributed by atoms with van der Waals surface area (Å²) in [7, 11) is 0. The van der Waals surface area contributed by atoms with Gasteiger partial charge in [-0.15, -0.1) is 0 Å². The van der Waals surface area contributed by atoms with Gasteiger partial charge in [-0.25, -0.2) is 13.2 Å². The predicted octanol–water partition coefficient (Wildman–Crippen LogP) is 4.65. The number of likely N-dealkylation sites (N-methyl/N-ethyl adjacent to an activating group) is 1. The Morgan fingerprint density at radius 2 is 1.81 bits per heavy atom. The standard InChI is InChI=1S/C16H15ClF3N/c1-2-21-16(10-6-7-14(19)15(20)8-10)9-11-12(17)4-3-5-13(11)18/h3-8,16,21H,2,9H2,1H3. The van der Waals surface area contributed by atoms with E-state index in [0.29, 0.717) is 22.7 Å². The average Bonchev–Trinajstić information content (AvgIpc) is 2.45. The molecule has 2 aromatic rings. The Morgan fingerprint density at radius 3 is 2.43 bits per heavy atom. The second-order valence-corrected chi connectivity index (χ2v) is 5.10. The lowest BCUT2D eigenvalue weighted by Crippen LogP contribution is -2.23. The molecular weight excluding hydrogens is 299 g/mol. The monoisotopic (exact) mass is 313 g/mol. The first kappa shape index (κ1) is 15.9. The SMILES string of the molecule is CCNC(Cc1c(F)cccc1Cl)c1ccc(F)c(F)c1. The van der Waals surface area contributed by atoms with E-state index in [1.54, 1.807) is 6.07 Å². The number of nitrogens with one attached hydrogen (secondary N) is 1. The van der Waals surface area contributed by atoms with Crippen LogP contribution in [0.15, 0.2) is 36.4 Å². The second kappa shape index (κ2) is 6.96. The lowest BCUT2D eigenvalue weighted by atomic mass is 9.98. The molecule has 112 valence electrons. The van der Waals surface area contributed by atoms with Crippen LogP contribution in [-0.4, -0.2) is 6.54 Å². The highest BCUT2D eigenvalue weighted by atomic mass is 35.5. The first-order valence-corrected chi connectivity index (χ1v) is 7.02. The zero-order valence-electron chi connectivity index (χ0n) is 11.5. The van der Waals surface area contributed by atoms with Crippen molar-refractivity contribution in [2.75, 3.05) is 6.54 Å². The van der Waals surface area contributed by atoms with Crippen LogP contribution in [0, 0.1) is 17.5 Å². The van der Waals surface area contributed by atoms with E-state index in [1.165, 1.54) is 18.2 Å². The highest BCUT2D eigenvalue weighted by Gasteiger charge is 2.17. The molecule has 5 heteroatoms. The number of hydrogen-bond donors (Lipinski definition) is 1. The maximum absolute atomic E-state index is 13.9. The topological polar surface area (TPSA) is 12.0 Å². The van der Waals surface area contributed by atoms with E-state index < -0.39 is 17.5 Å². The summed E-state index contributed by atoms with van der Waals surface area (Å²) in [6.45, 7) is 2.49. The Labute approximate surface area is 126 Å². The van der Waals surface area contributed by atoms with Crippen molar-refractivity contribution < 1.29 is 13.2 Å². The van der Waals surface area contributed by atoms with Crippen LogP contribution in [0.3, 0.4) is 0 Å². The maximum atomic E-state index is 13.9. The van der Waals surface area contributed by atoms with Gasteiger partial charge in [0.05, 0.1) is 0 Å². The lowest BCUT2D eigenvalue weighted by molar-refractivity contribution is 0.494. The zero-order chi connectivity index (χ0) is 15.4. The van der Waals surface area contributed by atoms with Gasteiger partial charge < -0.3 is 5.32 Å². The molecule has 0 spiro atoms. The van der Waals surface area contributed by atoms with Gasteiger partial charge in [-0.3, -0.25) is 0 Å². The van der Waals surface area contributed by atoms with Gasteiger partial charge in [0.2, 0.25) is 0 Å². The minimum Gasteiger partial charge on any atom is -0.310 e. The Bertz CT molecular complexity index is 611. The van der Waals surface area contributed by atoms with Crippen molar-refractivity contribution in [1.82, 2.24) is 5.32 Å². The zero-order valence-corrected chi connectivity index (χ0v) is 12.2. The Hall–Kier alpha value is -1.52. The van der Waals surface area contributed by atoms with Crippen LogP contribution in [0.2, 0.25) is 5.02 Å². The van der Waals surface area contributed by atoms with Gasteiger partial charge >= 0.3 is 0 Å². The molecule has 0 heterocycles. The third kappa shape index (κ3) is 3.77. The second-order valence-electron chi connectivity index (χ2n) is 4.69. The van der Waals surface area contributed by atoms with Gasteiger partial charge in [0.1, 0.15) is 5.82 Å². The van der Waals surface area contributed by atoms with Crippen LogP contribution in [0.4, 0.5) is 13.2 Å². The largest absolute Gasteiger partial charge is 0.310 e. The van der Waals surface area contributed by atoms with E-state index in [-0.39, 0.29) is 12.5 Å². The fourth-order valence-corrected chi connectivity index (χ4v) is 2.46. The van der Waals surface area contributed by atoms with Crippen molar-refractivity contribution in [2.24, 2.45) is 0 Å². The molecule has 0 aliphatic carbocycles. The number of benzene rings is 2. The number of halogens is 4. The van der Waals surface area contributed by atoms with Crippen molar-refractivity contribution in [3.05, 3.63) is 70.0 Å². The van der Waals surface area contributed by atoms with Crippen molar-refractivity contribution in [3.63, 3.8) is 0 Å². The van der Waals surface area contributed by atoms with Crippen molar-refractivity contribution in [1.29, 1.82) is 0 Å². The number of hydrogen-bond acceptors (Lipinski definition) is 1. The van der Waals surface area contributed by atoms with Gasteiger partial charge in [0.25, 0.3) is 0 Å². The molecule has 0 aromatic heterocycles. The van der Waals surface area contributed by atoms with E-state index in [9.17, 15) is 13.2 Å². The van der Waals surface area contributed by atoms with E-state index in [1.807, 2.05) is 6.92 Å². The summed E-state index contributed by atoms with van der Waals surface area (Å²) < 4.78 is 40.3. The third-order valence-corrected chi connectivity index (χ3v) is 3.62. The smallest absolute Gasteiger partial charge is 0.159 e. The van der Waals surface area contributed by atoms with Gasteiger partial charge in [0.15, 0.2) is 11.6 Å². The first-order valence-electron chi connectivity index (χ1n) is 6.64. The van der Waals surface area contributed by atoms with Crippen LogP contribution in [0.1, 0.15) is 24.1 Å². The lowest BCUT2D eigenvalue weighted by Gasteiger charge is -2.19. The molecule has 1 unspecified atom stereocenters. The summed E-state index contributed by atoms with van der Waals surface area (Å²) >= 11 is 6.02. The molecule has 0 fully saturated rings. The Balaban J connectivity index is 2.33. The molecule has 0 aliphatic rings. The Morgan fingerprint density at radius 1 is 1.05 bits per heavy atom. The third-order valence-electron chi connectivity index (χ3n) is 3.27. The van der Waals surface area contributed by atoms with Gasteiger partial charge in [-0.2, -0.15) is 0 Å². The minimum absolute atomic E-state index is 0.254. The quantitative estimate of drug-likeness (QED) is 0.847. The minimum atomic E-state index is -0.921. The summed E-state index contributed by atoms with van der Waals surface area (Å²) in [5.41, 5.74) is 0.907. The molecule has 2 aromatic carbocycles. The van der Waals surface area contributed by atoms with Crippen molar-refractivity contribution in [3.8, 4) is 0 Å². The normalized spacial score (nSPS) is 12.4. The van der Waals surface area contributed by atoms with Crippen molar-refractivity contribution >= 4 is 11.6 Å². The van der Waals surface area contributed by atoms with Crippen LogP contribution in [0.25, 0.3) is 0 Å². The Kier molecular flexibility index (Phi) is 5.26.